The number of carbonyl (C=O) groups is 1. The molecule has 3 nitrogen and oxygen atoms in total. The van der Waals surface area contributed by atoms with Gasteiger partial charge in [0.05, 0.1) is 6.42 Å². The topological polar surface area (TPSA) is 41.1 Å². The van der Waals surface area contributed by atoms with Crippen LogP contribution in [-0.2, 0) is 11.2 Å². The smallest absolute Gasteiger partial charge is 0.230 e. The summed E-state index contributed by atoms with van der Waals surface area (Å²) in [6.45, 7) is 6.01. The maximum absolute atomic E-state index is 12.1. The van der Waals surface area contributed by atoms with Gasteiger partial charge >= 0.3 is 0 Å². The second-order valence-corrected chi connectivity index (χ2v) is 5.83. The van der Waals surface area contributed by atoms with E-state index >= 15 is 0 Å². The number of benzene rings is 2. The van der Waals surface area contributed by atoms with E-state index in [0.29, 0.717) is 11.5 Å². The first-order valence-corrected chi connectivity index (χ1v) is 7.59. The highest BCUT2D eigenvalue weighted by atomic mass is 32.1. The summed E-state index contributed by atoms with van der Waals surface area (Å²) < 4.78 is 0. The van der Waals surface area contributed by atoms with E-state index in [2.05, 4.69) is 10.6 Å². The molecule has 2 aromatic rings. The molecule has 0 heterocycles. The summed E-state index contributed by atoms with van der Waals surface area (Å²) in [5.41, 5.74) is 5.25. The van der Waals surface area contributed by atoms with E-state index in [1.807, 2.05) is 63.2 Å². The molecular weight excluding hydrogens is 292 g/mol. The Morgan fingerprint density at radius 3 is 2.50 bits per heavy atom. The van der Waals surface area contributed by atoms with E-state index in [4.69, 9.17) is 12.2 Å². The minimum absolute atomic E-state index is 0.114. The molecule has 0 aromatic heterocycles. The van der Waals surface area contributed by atoms with Gasteiger partial charge < -0.3 is 10.6 Å². The summed E-state index contributed by atoms with van der Waals surface area (Å²) in [4.78, 5) is 12.1. The van der Waals surface area contributed by atoms with E-state index in [-0.39, 0.29) is 5.91 Å². The van der Waals surface area contributed by atoms with Crippen molar-refractivity contribution in [3.63, 3.8) is 0 Å². The third-order valence-corrected chi connectivity index (χ3v) is 3.71. The second kappa shape index (κ2) is 7.18. The maximum Gasteiger partial charge on any atom is 0.230 e. The fourth-order valence-corrected chi connectivity index (χ4v) is 2.40. The molecule has 114 valence electrons. The highest BCUT2D eigenvalue weighted by molar-refractivity contribution is 7.80. The molecule has 4 heteroatoms. The fourth-order valence-electron chi connectivity index (χ4n) is 2.18. The zero-order chi connectivity index (χ0) is 16.1. The summed E-state index contributed by atoms with van der Waals surface area (Å²) >= 11 is 5.22. The van der Waals surface area contributed by atoms with Gasteiger partial charge in [-0.2, -0.15) is 0 Å². The molecule has 0 bridgehead atoms. The van der Waals surface area contributed by atoms with E-state index in [9.17, 15) is 4.79 Å². The largest absolute Gasteiger partial charge is 0.332 e. The van der Waals surface area contributed by atoms with Gasteiger partial charge in [-0.05, 0) is 61.3 Å². The van der Waals surface area contributed by atoms with E-state index in [1.165, 1.54) is 0 Å². The van der Waals surface area contributed by atoms with Gasteiger partial charge in [0, 0.05) is 5.69 Å². The van der Waals surface area contributed by atoms with Gasteiger partial charge in [0.15, 0.2) is 5.11 Å². The van der Waals surface area contributed by atoms with Gasteiger partial charge in [-0.3, -0.25) is 4.79 Å². The van der Waals surface area contributed by atoms with Gasteiger partial charge in [0.1, 0.15) is 0 Å². The van der Waals surface area contributed by atoms with Crippen molar-refractivity contribution >= 4 is 28.9 Å². The van der Waals surface area contributed by atoms with E-state index in [1.54, 1.807) is 0 Å². The van der Waals surface area contributed by atoms with Crippen molar-refractivity contribution < 1.29 is 4.79 Å². The van der Waals surface area contributed by atoms with E-state index < -0.39 is 0 Å². The van der Waals surface area contributed by atoms with Crippen LogP contribution in [0, 0.1) is 20.8 Å². The quantitative estimate of drug-likeness (QED) is 0.850. The molecule has 0 unspecified atom stereocenters. The zero-order valence-corrected chi connectivity index (χ0v) is 13.9. The minimum Gasteiger partial charge on any atom is -0.332 e. The predicted molar refractivity (Wildman–Crippen MR) is 95.2 cm³/mol. The maximum atomic E-state index is 12.1. The average molecular weight is 312 g/mol. The van der Waals surface area contributed by atoms with Gasteiger partial charge in [0.25, 0.3) is 0 Å². The number of anilines is 1. The van der Waals surface area contributed by atoms with Crippen molar-refractivity contribution in [2.45, 2.75) is 27.2 Å². The Balaban J connectivity index is 1.96. The van der Waals surface area contributed by atoms with Crippen LogP contribution in [0.1, 0.15) is 22.3 Å². The van der Waals surface area contributed by atoms with Crippen LogP contribution in [0.2, 0.25) is 0 Å². The van der Waals surface area contributed by atoms with E-state index in [0.717, 1.165) is 27.9 Å². The Kier molecular flexibility index (Phi) is 5.28. The molecule has 0 aliphatic carbocycles. The van der Waals surface area contributed by atoms with Crippen LogP contribution < -0.4 is 10.6 Å². The molecule has 0 radical (unpaired) electrons. The molecule has 0 spiro atoms. The Hall–Kier alpha value is -2.20. The van der Waals surface area contributed by atoms with Crippen molar-refractivity contribution in [3.05, 3.63) is 64.7 Å². The standard InChI is InChI=1S/C18H20N2OS/c1-12-8-9-14(3)16(10-12)19-18(22)20-17(21)11-15-7-5-4-6-13(15)2/h4-10H,11H2,1-3H3,(H2,19,20,21,22). The van der Waals surface area contributed by atoms with Crippen LogP contribution in [0.15, 0.2) is 42.5 Å². The number of amides is 1. The number of hydrogen-bond acceptors (Lipinski definition) is 2. The lowest BCUT2D eigenvalue weighted by atomic mass is 10.1. The van der Waals surface area contributed by atoms with Crippen molar-refractivity contribution in [2.75, 3.05) is 5.32 Å². The van der Waals surface area contributed by atoms with Crippen LogP contribution in [-0.4, -0.2) is 11.0 Å². The van der Waals surface area contributed by atoms with Crippen molar-refractivity contribution in [1.29, 1.82) is 0 Å². The van der Waals surface area contributed by atoms with Gasteiger partial charge in [-0.1, -0.05) is 36.4 Å². The number of nitrogens with one attached hydrogen (secondary N) is 2. The first-order valence-electron chi connectivity index (χ1n) is 7.18. The van der Waals surface area contributed by atoms with Gasteiger partial charge in [-0.25, -0.2) is 0 Å². The number of rotatable bonds is 3. The molecule has 0 aliphatic rings. The molecule has 0 fully saturated rings. The lowest BCUT2D eigenvalue weighted by molar-refractivity contribution is -0.119. The lowest BCUT2D eigenvalue weighted by Gasteiger charge is -2.13. The monoisotopic (exact) mass is 312 g/mol. The summed E-state index contributed by atoms with van der Waals surface area (Å²) in [6, 6.07) is 13.9. The molecule has 1 amide bonds. The number of aryl methyl sites for hydroxylation is 3. The number of thiocarbonyl (C=S) groups is 1. The molecule has 2 N–H and O–H groups in total. The Morgan fingerprint density at radius 2 is 1.77 bits per heavy atom. The van der Waals surface area contributed by atoms with Gasteiger partial charge in [-0.15, -0.1) is 0 Å². The van der Waals surface area contributed by atoms with Crippen LogP contribution >= 0.6 is 12.2 Å². The first kappa shape index (κ1) is 16.2. The summed E-state index contributed by atoms with van der Waals surface area (Å²) in [7, 11) is 0. The van der Waals surface area contributed by atoms with Crippen molar-refractivity contribution in [2.24, 2.45) is 0 Å². The molecule has 0 atom stereocenters. The highest BCUT2D eigenvalue weighted by Crippen LogP contribution is 2.16. The Labute approximate surface area is 136 Å². The first-order chi connectivity index (χ1) is 10.5. The fraction of sp³-hybridized carbons (Fsp3) is 0.222. The highest BCUT2D eigenvalue weighted by Gasteiger charge is 2.08. The third kappa shape index (κ3) is 4.40. The molecule has 2 rings (SSSR count). The molecular formula is C18H20N2OS. The van der Waals surface area contributed by atoms with Crippen LogP contribution in [0.4, 0.5) is 5.69 Å². The van der Waals surface area contributed by atoms with Crippen molar-refractivity contribution in [1.82, 2.24) is 5.32 Å². The predicted octanol–water partition coefficient (Wildman–Crippen LogP) is 3.67. The number of carbonyl (C=O) groups excluding carboxylic acids is 1. The Bertz CT molecular complexity index is 710. The third-order valence-electron chi connectivity index (χ3n) is 3.51. The second-order valence-electron chi connectivity index (χ2n) is 5.42. The van der Waals surface area contributed by atoms with Crippen LogP contribution in [0.25, 0.3) is 0 Å². The van der Waals surface area contributed by atoms with Gasteiger partial charge in [0.2, 0.25) is 5.91 Å². The summed E-state index contributed by atoms with van der Waals surface area (Å²) in [5, 5.41) is 6.14. The molecule has 22 heavy (non-hydrogen) atoms. The lowest BCUT2D eigenvalue weighted by Crippen LogP contribution is -2.35. The summed E-state index contributed by atoms with van der Waals surface area (Å²) in [5.74, 6) is -0.114. The zero-order valence-electron chi connectivity index (χ0n) is 13.1. The van der Waals surface area contributed by atoms with Crippen LogP contribution in [0.3, 0.4) is 0 Å². The molecule has 2 aromatic carbocycles. The molecule has 0 saturated carbocycles. The average Bonchev–Trinajstić information content (AvgIpc) is 2.45. The van der Waals surface area contributed by atoms with Crippen molar-refractivity contribution in [3.8, 4) is 0 Å². The normalized spacial score (nSPS) is 10.1. The van der Waals surface area contributed by atoms with Crippen LogP contribution in [0.5, 0.6) is 0 Å². The molecule has 0 saturated heterocycles. The summed E-state index contributed by atoms with van der Waals surface area (Å²) in [6.07, 6.45) is 0.321. The molecule has 0 aliphatic heterocycles. The number of hydrogen-bond donors (Lipinski definition) is 2. The Morgan fingerprint density at radius 1 is 1.05 bits per heavy atom. The minimum atomic E-state index is -0.114. The SMILES string of the molecule is Cc1ccc(C)c(NC(=S)NC(=O)Cc2ccccc2C)c1.